The maximum absolute atomic E-state index is 12.0. The molecule has 0 atom stereocenters. The molecule has 0 fully saturated rings. The Kier molecular flexibility index (Phi) is 6.08. The zero-order valence-electron chi connectivity index (χ0n) is 12.9. The van der Waals surface area contributed by atoms with Gasteiger partial charge in [0.25, 0.3) is 0 Å². The molecule has 0 aromatic heterocycles. The van der Waals surface area contributed by atoms with Crippen LogP contribution in [0.5, 0.6) is 0 Å². The third kappa shape index (κ3) is 3.88. The van der Waals surface area contributed by atoms with Gasteiger partial charge >= 0.3 is 5.97 Å². The first-order valence-electron chi connectivity index (χ1n) is 7.52. The number of hydrogen-bond donors (Lipinski definition) is 0. The van der Waals surface area contributed by atoms with Crippen molar-refractivity contribution in [3.8, 4) is 0 Å². The second kappa shape index (κ2) is 7.84. The highest BCUT2D eigenvalue weighted by atomic mass is 79.9. The lowest BCUT2D eigenvalue weighted by Gasteiger charge is -2.20. The lowest BCUT2D eigenvalue weighted by Crippen LogP contribution is -2.14. The first-order chi connectivity index (χ1) is 10.7. The van der Waals surface area contributed by atoms with Crippen LogP contribution in [0.4, 0.5) is 11.4 Å². The quantitative estimate of drug-likeness (QED) is 0.671. The van der Waals surface area contributed by atoms with Crippen molar-refractivity contribution in [1.29, 1.82) is 0 Å². The number of hydrogen-bond acceptors (Lipinski definition) is 3. The van der Waals surface area contributed by atoms with Crippen LogP contribution in [-0.4, -0.2) is 19.1 Å². The van der Waals surface area contributed by atoms with E-state index in [1.54, 1.807) is 6.07 Å². The van der Waals surface area contributed by atoms with Gasteiger partial charge in [0.1, 0.15) is 0 Å². The van der Waals surface area contributed by atoms with Gasteiger partial charge in [0.15, 0.2) is 0 Å². The summed E-state index contributed by atoms with van der Waals surface area (Å²) in [5.74, 6) is -0.251. The first-order valence-corrected chi connectivity index (χ1v) is 8.31. The van der Waals surface area contributed by atoms with E-state index in [-0.39, 0.29) is 18.4 Å². The fraction of sp³-hybridized carbons (Fsp3) is 0.278. The van der Waals surface area contributed by atoms with E-state index < -0.39 is 0 Å². The van der Waals surface area contributed by atoms with Gasteiger partial charge < -0.3 is 9.64 Å². The van der Waals surface area contributed by atoms with Gasteiger partial charge in [-0.15, -0.1) is 12.4 Å². The van der Waals surface area contributed by atoms with Crippen LogP contribution >= 0.6 is 28.3 Å². The number of carbonyl (C=O) groups excluding carboxylic acids is 1. The van der Waals surface area contributed by atoms with Crippen molar-refractivity contribution < 1.29 is 9.53 Å². The molecule has 5 heteroatoms. The molecule has 2 aromatic carbocycles. The molecule has 0 amide bonds. The van der Waals surface area contributed by atoms with Crippen molar-refractivity contribution in [3.05, 3.63) is 58.1 Å². The maximum Gasteiger partial charge on any atom is 0.338 e. The topological polar surface area (TPSA) is 29.5 Å². The van der Waals surface area contributed by atoms with Crippen molar-refractivity contribution in [3.63, 3.8) is 0 Å². The van der Waals surface area contributed by atoms with Crippen LogP contribution in [0.3, 0.4) is 0 Å². The number of ether oxygens (including phenoxy) is 1. The number of fused-ring (bicyclic) bond motifs is 1. The van der Waals surface area contributed by atoms with Crippen LogP contribution in [-0.2, 0) is 11.2 Å². The SMILES string of the molecule is CCCOC(=O)c1cccc(N2CCc3cc(Br)ccc32)c1.Cl. The summed E-state index contributed by atoms with van der Waals surface area (Å²) in [7, 11) is 0. The number of rotatable bonds is 4. The minimum Gasteiger partial charge on any atom is -0.462 e. The fourth-order valence-electron chi connectivity index (χ4n) is 2.72. The van der Waals surface area contributed by atoms with E-state index in [9.17, 15) is 4.79 Å². The van der Waals surface area contributed by atoms with Gasteiger partial charge in [-0.1, -0.05) is 28.9 Å². The highest BCUT2D eigenvalue weighted by Gasteiger charge is 2.21. The van der Waals surface area contributed by atoms with Crippen LogP contribution in [0.2, 0.25) is 0 Å². The molecule has 3 nitrogen and oxygen atoms in total. The highest BCUT2D eigenvalue weighted by Crippen LogP contribution is 2.36. The predicted molar refractivity (Wildman–Crippen MR) is 99.1 cm³/mol. The molecule has 122 valence electrons. The lowest BCUT2D eigenvalue weighted by molar-refractivity contribution is 0.0505. The molecule has 0 saturated heterocycles. The largest absolute Gasteiger partial charge is 0.462 e. The molecular weight excluding hydrogens is 378 g/mol. The van der Waals surface area contributed by atoms with E-state index in [1.165, 1.54) is 11.3 Å². The van der Waals surface area contributed by atoms with Gasteiger partial charge in [0, 0.05) is 22.4 Å². The van der Waals surface area contributed by atoms with Gasteiger partial charge in [0.05, 0.1) is 12.2 Å². The second-order valence-electron chi connectivity index (χ2n) is 5.36. The van der Waals surface area contributed by atoms with Crippen LogP contribution < -0.4 is 4.90 Å². The van der Waals surface area contributed by atoms with E-state index in [2.05, 4.69) is 39.0 Å². The van der Waals surface area contributed by atoms with Crippen molar-refractivity contribution in [2.24, 2.45) is 0 Å². The van der Waals surface area contributed by atoms with E-state index in [0.29, 0.717) is 12.2 Å². The Balaban J connectivity index is 0.00000192. The summed E-state index contributed by atoms with van der Waals surface area (Å²) in [6, 6.07) is 14.0. The van der Waals surface area contributed by atoms with Gasteiger partial charge in [-0.3, -0.25) is 0 Å². The zero-order chi connectivity index (χ0) is 15.5. The average Bonchev–Trinajstić information content (AvgIpc) is 2.95. The molecule has 0 N–H and O–H groups in total. The summed E-state index contributed by atoms with van der Waals surface area (Å²) in [6.45, 7) is 3.38. The van der Waals surface area contributed by atoms with E-state index in [1.807, 2.05) is 25.1 Å². The second-order valence-corrected chi connectivity index (χ2v) is 6.28. The molecule has 1 heterocycles. The summed E-state index contributed by atoms with van der Waals surface area (Å²) in [6.07, 6.45) is 1.85. The third-order valence-corrected chi connectivity index (χ3v) is 4.26. The van der Waals surface area contributed by atoms with E-state index >= 15 is 0 Å². The Morgan fingerprint density at radius 1 is 1.26 bits per heavy atom. The number of anilines is 2. The summed E-state index contributed by atoms with van der Waals surface area (Å²) < 4.78 is 6.32. The monoisotopic (exact) mass is 395 g/mol. The molecule has 0 saturated carbocycles. The number of nitrogens with zero attached hydrogens (tertiary/aromatic N) is 1. The molecule has 0 aliphatic carbocycles. The summed E-state index contributed by atoms with van der Waals surface area (Å²) >= 11 is 3.52. The maximum atomic E-state index is 12.0. The molecule has 0 unspecified atom stereocenters. The summed E-state index contributed by atoms with van der Waals surface area (Å²) in [5, 5.41) is 0. The molecule has 0 bridgehead atoms. The standard InChI is InChI=1S/C18H18BrNO2.ClH/c1-2-10-22-18(21)14-4-3-5-16(12-14)20-9-8-13-11-15(19)6-7-17(13)20;/h3-7,11-12H,2,8-10H2,1H3;1H. The van der Waals surface area contributed by atoms with Gasteiger partial charge in [-0.25, -0.2) is 4.79 Å². The lowest BCUT2D eigenvalue weighted by atomic mass is 10.1. The molecule has 2 aromatic rings. The summed E-state index contributed by atoms with van der Waals surface area (Å²) in [5.41, 5.74) is 4.18. The average molecular weight is 397 g/mol. The molecule has 0 spiro atoms. The van der Waals surface area contributed by atoms with Gasteiger partial charge in [-0.05, 0) is 54.8 Å². The Morgan fingerprint density at radius 2 is 2.09 bits per heavy atom. The van der Waals surface area contributed by atoms with Gasteiger partial charge in [-0.2, -0.15) is 0 Å². The Labute approximate surface area is 151 Å². The zero-order valence-corrected chi connectivity index (χ0v) is 15.3. The van der Waals surface area contributed by atoms with Crippen LogP contribution in [0.1, 0.15) is 29.3 Å². The van der Waals surface area contributed by atoms with Crippen LogP contribution in [0, 0.1) is 0 Å². The van der Waals surface area contributed by atoms with Crippen molar-refractivity contribution in [1.82, 2.24) is 0 Å². The molecule has 23 heavy (non-hydrogen) atoms. The van der Waals surface area contributed by atoms with Crippen molar-refractivity contribution >= 4 is 45.7 Å². The molecule has 0 radical (unpaired) electrons. The number of benzene rings is 2. The predicted octanol–water partition coefficient (Wildman–Crippen LogP) is 5.13. The Morgan fingerprint density at radius 3 is 2.87 bits per heavy atom. The van der Waals surface area contributed by atoms with Crippen LogP contribution in [0.25, 0.3) is 0 Å². The Hall–Kier alpha value is -1.52. The minimum absolute atomic E-state index is 0. The molecule has 3 rings (SSSR count). The van der Waals surface area contributed by atoms with Crippen LogP contribution in [0.15, 0.2) is 46.9 Å². The third-order valence-electron chi connectivity index (χ3n) is 3.77. The highest BCUT2D eigenvalue weighted by molar-refractivity contribution is 9.10. The molecular formula is C18H19BrClNO2. The smallest absolute Gasteiger partial charge is 0.338 e. The first kappa shape index (κ1) is 17.8. The number of halogens is 2. The van der Waals surface area contributed by atoms with Crippen molar-refractivity contribution in [2.75, 3.05) is 18.1 Å². The van der Waals surface area contributed by atoms with Crippen molar-refractivity contribution in [2.45, 2.75) is 19.8 Å². The minimum atomic E-state index is -0.251. The fourth-order valence-corrected chi connectivity index (χ4v) is 3.13. The Bertz CT molecular complexity index is 705. The molecule has 1 aliphatic rings. The van der Waals surface area contributed by atoms with E-state index in [0.717, 1.165) is 29.5 Å². The van der Waals surface area contributed by atoms with Gasteiger partial charge in [0.2, 0.25) is 0 Å². The number of carbonyl (C=O) groups is 1. The van der Waals surface area contributed by atoms with E-state index in [4.69, 9.17) is 4.74 Å². The normalized spacial score (nSPS) is 12.5. The number of esters is 1. The molecule has 1 aliphatic heterocycles. The summed E-state index contributed by atoms with van der Waals surface area (Å²) in [4.78, 5) is 14.3.